The number of hydrogen-bond acceptors (Lipinski definition) is 1. The molecule has 0 fully saturated rings. The van der Waals surface area contributed by atoms with Crippen LogP contribution < -0.4 is 4.90 Å². The predicted octanol–water partition coefficient (Wildman–Crippen LogP) is 11.5. The minimum absolute atomic E-state index is 0.389. The summed E-state index contributed by atoms with van der Waals surface area (Å²) in [4.78, 5) is 2.50. The highest BCUT2D eigenvalue weighted by Gasteiger charge is 2.46. The largest absolute Gasteiger partial charge is 0.314 e. The van der Waals surface area contributed by atoms with E-state index in [1.807, 2.05) is 0 Å². The number of nitrogens with zero attached hydrogens (tertiary/aromatic N) is 1. The molecule has 0 N–H and O–H groups in total. The number of benzene rings is 5. The second-order valence-corrected chi connectivity index (χ2v) is 13.2. The summed E-state index contributed by atoms with van der Waals surface area (Å²) in [7, 11) is 0. The first kappa shape index (κ1) is 27.9. The van der Waals surface area contributed by atoms with Crippen LogP contribution in [0.3, 0.4) is 0 Å². The van der Waals surface area contributed by atoms with E-state index in [0.29, 0.717) is 5.92 Å². The zero-order valence-corrected chi connectivity index (χ0v) is 26.7. The topological polar surface area (TPSA) is 3.24 Å². The SMILES string of the molecule is Cc1ccc(C2(c3ccccc3)c3ccccc3-c3cc(N(C4=CC=C5C=CC6=CCCC=C6C5C4)c4ccccc4)ccc32)cc1. The molecule has 2 atom stereocenters. The van der Waals surface area contributed by atoms with Gasteiger partial charge in [0.1, 0.15) is 0 Å². The first-order valence-electron chi connectivity index (χ1n) is 16.9. The van der Waals surface area contributed by atoms with Crippen LogP contribution in [0.5, 0.6) is 0 Å². The molecule has 4 aliphatic carbocycles. The molecular weight excluding hydrogens is 567 g/mol. The molecule has 0 saturated heterocycles. The van der Waals surface area contributed by atoms with Gasteiger partial charge in [-0.15, -0.1) is 0 Å². The Morgan fingerprint density at radius 2 is 1.30 bits per heavy atom. The molecule has 4 aliphatic rings. The molecule has 0 bridgehead atoms. The van der Waals surface area contributed by atoms with E-state index in [-0.39, 0.29) is 0 Å². The molecule has 1 heteroatoms. The third kappa shape index (κ3) is 4.37. The molecule has 0 radical (unpaired) electrons. The molecule has 0 aromatic heterocycles. The van der Waals surface area contributed by atoms with Crippen LogP contribution in [0, 0.1) is 12.8 Å². The summed E-state index contributed by atoms with van der Waals surface area (Å²) < 4.78 is 0. The minimum atomic E-state index is -0.399. The van der Waals surface area contributed by atoms with Crippen molar-refractivity contribution in [2.24, 2.45) is 5.92 Å². The molecule has 0 aliphatic heterocycles. The Morgan fingerprint density at radius 3 is 2.13 bits per heavy atom. The van der Waals surface area contributed by atoms with Crippen molar-refractivity contribution in [1.29, 1.82) is 0 Å². The van der Waals surface area contributed by atoms with Crippen LogP contribution in [0.4, 0.5) is 11.4 Å². The third-order valence-corrected chi connectivity index (χ3v) is 10.6. The first-order chi connectivity index (χ1) is 23.2. The highest BCUT2D eigenvalue weighted by molar-refractivity contribution is 5.89. The summed E-state index contributed by atoms with van der Waals surface area (Å²) in [6, 6.07) is 47.4. The highest BCUT2D eigenvalue weighted by atomic mass is 15.1. The third-order valence-electron chi connectivity index (χ3n) is 10.6. The number of anilines is 2. The van der Waals surface area contributed by atoms with Crippen molar-refractivity contribution in [3.8, 4) is 11.1 Å². The smallest absolute Gasteiger partial charge is 0.0713 e. The Labute approximate surface area is 278 Å². The lowest BCUT2D eigenvalue weighted by Gasteiger charge is -2.37. The minimum Gasteiger partial charge on any atom is -0.314 e. The van der Waals surface area contributed by atoms with E-state index >= 15 is 0 Å². The average Bonchev–Trinajstić information content (AvgIpc) is 3.43. The lowest BCUT2D eigenvalue weighted by atomic mass is 9.67. The van der Waals surface area contributed by atoms with E-state index in [9.17, 15) is 0 Å². The Balaban J connectivity index is 1.24. The Hall–Kier alpha value is -5.40. The maximum absolute atomic E-state index is 2.50. The number of aryl methyl sites for hydroxylation is 1. The predicted molar refractivity (Wildman–Crippen MR) is 196 cm³/mol. The molecule has 5 aromatic rings. The van der Waals surface area contributed by atoms with Crippen LogP contribution in [0.1, 0.15) is 47.1 Å². The summed E-state index contributed by atoms with van der Waals surface area (Å²) in [5.41, 5.74) is 16.8. The number of para-hydroxylation sites is 1. The van der Waals surface area contributed by atoms with Gasteiger partial charge in [0.15, 0.2) is 0 Å². The van der Waals surface area contributed by atoms with Gasteiger partial charge in [-0.25, -0.2) is 0 Å². The van der Waals surface area contributed by atoms with Gasteiger partial charge >= 0.3 is 0 Å². The van der Waals surface area contributed by atoms with Gasteiger partial charge in [-0.1, -0.05) is 139 Å². The van der Waals surface area contributed by atoms with Gasteiger partial charge in [0.2, 0.25) is 0 Å². The summed E-state index contributed by atoms with van der Waals surface area (Å²) >= 11 is 0. The fourth-order valence-corrected chi connectivity index (χ4v) is 8.49. The van der Waals surface area contributed by atoms with Crippen molar-refractivity contribution in [3.63, 3.8) is 0 Å². The summed E-state index contributed by atoms with van der Waals surface area (Å²) in [5.74, 6) is 0.389. The monoisotopic (exact) mass is 603 g/mol. The molecule has 226 valence electrons. The van der Waals surface area contributed by atoms with Gasteiger partial charge in [-0.2, -0.15) is 0 Å². The summed E-state index contributed by atoms with van der Waals surface area (Å²) in [5, 5.41) is 0. The van der Waals surface area contributed by atoms with E-state index in [1.54, 1.807) is 0 Å². The molecule has 5 aromatic carbocycles. The van der Waals surface area contributed by atoms with E-state index in [4.69, 9.17) is 0 Å². The lowest BCUT2D eigenvalue weighted by Crippen LogP contribution is -2.28. The number of hydrogen-bond donors (Lipinski definition) is 0. The molecule has 0 spiro atoms. The van der Waals surface area contributed by atoms with Crippen molar-refractivity contribution in [2.75, 3.05) is 4.90 Å². The van der Waals surface area contributed by atoms with Gasteiger partial charge < -0.3 is 4.90 Å². The van der Waals surface area contributed by atoms with E-state index < -0.39 is 5.41 Å². The van der Waals surface area contributed by atoms with E-state index in [1.165, 1.54) is 72.7 Å². The molecule has 1 nitrogen and oxygen atoms in total. The van der Waals surface area contributed by atoms with Crippen molar-refractivity contribution < 1.29 is 0 Å². The summed E-state index contributed by atoms with van der Waals surface area (Å²) in [6.45, 7) is 2.17. The second-order valence-electron chi connectivity index (χ2n) is 13.2. The average molecular weight is 604 g/mol. The zero-order valence-electron chi connectivity index (χ0n) is 26.7. The molecular formula is C46H37N. The highest BCUT2D eigenvalue weighted by Crippen LogP contribution is 2.57. The molecule has 0 heterocycles. The van der Waals surface area contributed by atoms with Crippen LogP contribution in [0.2, 0.25) is 0 Å². The maximum Gasteiger partial charge on any atom is 0.0713 e. The van der Waals surface area contributed by atoms with Gasteiger partial charge in [0.05, 0.1) is 5.41 Å². The fourth-order valence-electron chi connectivity index (χ4n) is 8.49. The lowest BCUT2D eigenvalue weighted by molar-refractivity contribution is 0.686. The van der Waals surface area contributed by atoms with Crippen LogP contribution in [-0.2, 0) is 5.41 Å². The van der Waals surface area contributed by atoms with E-state index in [2.05, 4.69) is 176 Å². The van der Waals surface area contributed by atoms with Crippen molar-refractivity contribution in [1.82, 2.24) is 0 Å². The number of allylic oxidation sites excluding steroid dienone is 10. The number of fused-ring (bicyclic) bond motifs is 6. The number of rotatable bonds is 5. The van der Waals surface area contributed by atoms with Crippen molar-refractivity contribution in [3.05, 3.63) is 214 Å². The molecule has 9 rings (SSSR count). The van der Waals surface area contributed by atoms with Gasteiger partial charge in [-0.3, -0.25) is 0 Å². The molecule has 0 amide bonds. The quantitative estimate of drug-likeness (QED) is 0.189. The van der Waals surface area contributed by atoms with Gasteiger partial charge in [0, 0.05) is 23.0 Å². The normalized spacial score (nSPS) is 20.5. The second kappa shape index (κ2) is 11.1. The van der Waals surface area contributed by atoms with Gasteiger partial charge in [-0.05, 0) is 107 Å². The van der Waals surface area contributed by atoms with Crippen LogP contribution >= 0.6 is 0 Å². The van der Waals surface area contributed by atoms with Crippen LogP contribution in [0.25, 0.3) is 11.1 Å². The fraction of sp³-hybridized carbons (Fsp3) is 0.130. The first-order valence-corrected chi connectivity index (χ1v) is 16.9. The summed E-state index contributed by atoms with van der Waals surface area (Å²) in [6.07, 6.45) is 17.5. The van der Waals surface area contributed by atoms with Crippen LogP contribution in [-0.4, -0.2) is 0 Å². The Morgan fingerprint density at radius 1 is 0.596 bits per heavy atom. The Kier molecular flexibility index (Phi) is 6.61. The Bertz CT molecular complexity index is 2160. The van der Waals surface area contributed by atoms with Crippen LogP contribution in [0.15, 0.2) is 186 Å². The van der Waals surface area contributed by atoms with Gasteiger partial charge in [0.25, 0.3) is 0 Å². The zero-order chi connectivity index (χ0) is 31.4. The molecule has 2 unspecified atom stereocenters. The van der Waals surface area contributed by atoms with Crippen molar-refractivity contribution >= 4 is 11.4 Å². The standard InChI is InChI=1S/C46H37N/c1-32-20-25-36(26-21-32)46(35-13-4-2-5-14-35)44-19-11-10-18-41(44)43-31-39(28-29-45(43)46)47(37-15-6-3-7-16-37)38-27-24-34-23-22-33-12-8-9-17-40(33)42(34)30-38/h2-7,10-29,31,42H,8-9,30H2,1H3. The molecule has 47 heavy (non-hydrogen) atoms. The van der Waals surface area contributed by atoms with Crippen molar-refractivity contribution in [2.45, 2.75) is 31.6 Å². The van der Waals surface area contributed by atoms with E-state index in [0.717, 1.165) is 19.3 Å². The maximum atomic E-state index is 2.50. The molecule has 0 saturated carbocycles.